The molecule has 0 saturated carbocycles. The van der Waals surface area contributed by atoms with E-state index in [1.165, 1.54) is 12.1 Å². The Morgan fingerprint density at radius 3 is 2.23 bits per heavy atom. The molecule has 0 bridgehead atoms. The first-order valence-electron chi connectivity index (χ1n) is 6.55. The van der Waals surface area contributed by atoms with E-state index in [1.807, 2.05) is 0 Å². The third kappa shape index (κ3) is 4.72. The molecule has 1 unspecified atom stereocenters. The molecule has 1 aliphatic rings. The summed E-state index contributed by atoms with van der Waals surface area (Å²) >= 11 is 4.10. The molecule has 1 aromatic heterocycles. The van der Waals surface area contributed by atoms with Crippen molar-refractivity contribution in [2.75, 3.05) is 17.4 Å². The van der Waals surface area contributed by atoms with Crippen molar-refractivity contribution in [2.45, 2.75) is 24.5 Å². The number of carbonyl (C=O) groups excluding carboxylic acids is 1. The molecule has 1 N–H and O–H groups in total. The van der Waals surface area contributed by atoms with Crippen LogP contribution in [0.2, 0.25) is 4.34 Å². The summed E-state index contributed by atoms with van der Waals surface area (Å²) in [6.07, 6.45) is -17.7. The highest BCUT2D eigenvalue weighted by molar-refractivity contribution is 7.81. The maximum absolute atomic E-state index is 12.4. The summed E-state index contributed by atoms with van der Waals surface area (Å²) < 4.78 is 99.9. The number of halogens is 7. The number of ether oxygens (including phenoxy) is 1. The van der Waals surface area contributed by atoms with Gasteiger partial charge in [-0.05, 0) is 12.1 Å². The van der Waals surface area contributed by atoms with E-state index in [4.69, 9.17) is 11.6 Å². The first-order chi connectivity index (χ1) is 11.8. The molecular weight excluding hydrogens is 438 g/mol. The Morgan fingerprint density at radius 2 is 1.85 bits per heavy atom. The fourth-order valence-corrected chi connectivity index (χ4v) is 3.97. The van der Waals surface area contributed by atoms with Crippen molar-refractivity contribution in [2.24, 2.45) is 0 Å². The SMILES string of the molecule is O=C(OC(C(F)(F)F)C(F)(F)F)N1CC(N(c2ccc(Cl)s2)S(=O)O)C1. The van der Waals surface area contributed by atoms with Crippen LogP contribution < -0.4 is 4.31 Å². The lowest BCUT2D eigenvalue weighted by molar-refractivity contribution is -0.308. The predicted octanol–water partition coefficient (Wildman–Crippen LogP) is 3.66. The normalized spacial score (nSPS) is 17.2. The molecule has 1 fully saturated rings. The molecule has 1 aliphatic heterocycles. The van der Waals surface area contributed by atoms with E-state index < -0.39 is 54.9 Å². The smallest absolute Gasteiger partial charge is 0.426 e. The van der Waals surface area contributed by atoms with Crippen molar-refractivity contribution in [1.29, 1.82) is 0 Å². The lowest BCUT2D eigenvalue weighted by Crippen LogP contribution is -2.62. The van der Waals surface area contributed by atoms with E-state index in [1.54, 1.807) is 0 Å². The Morgan fingerprint density at radius 1 is 1.31 bits per heavy atom. The largest absolute Gasteiger partial charge is 0.434 e. The highest BCUT2D eigenvalue weighted by Crippen LogP contribution is 2.37. The topological polar surface area (TPSA) is 70.1 Å². The second kappa shape index (κ2) is 7.40. The van der Waals surface area contributed by atoms with Gasteiger partial charge in [0, 0.05) is 13.1 Å². The predicted molar refractivity (Wildman–Crippen MR) is 80.3 cm³/mol. The fourth-order valence-electron chi connectivity index (χ4n) is 2.05. The lowest BCUT2D eigenvalue weighted by atomic mass is 10.1. The van der Waals surface area contributed by atoms with Crippen LogP contribution in [0.1, 0.15) is 0 Å². The van der Waals surface area contributed by atoms with Crippen molar-refractivity contribution >= 4 is 45.3 Å². The average molecular weight is 447 g/mol. The van der Waals surface area contributed by atoms with Crippen LogP contribution in [0.3, 0.4) is 0 Å². The summed E-state index contributed by atoms with van der Waals surface area (Å²) in [4.78, 5) is 12.1. The van der Waals surface area contributed by atoms with Gasteiger partial charge in [-0.15, -0.1) is 11.3 Å². The fraction of sp³-hybridized carbons (Fsp3) is 0.545. The van der Waals surface area contributed by atoms with Gasteiger partial charge < -0.3 is 9.64 Å². The van der Waals surface area contributed by atoms with Gasteiger partial charge in [-0.25, -0.2) is 9.00 Å². The van der Waals surface area contributed by atoms with Crippen LogP contribution >= 0.6 is 22.9 Å². The number of thiophene rings is 1. The van der Waals surface area contributed by atoms with Gasteiger partial charge in [0.1, 0.15) is 5.00 Å². The molecule has 26 heavy (non-hydrogen) atoms. The zero-order valence-corrected chi connectivity index (χ0v) is 14.6. The number of hydrogen-bond donors (Lipinski definition) is 1. The average Bonchev–Trinajstić information content (AvgIpc) is 2.82. The minimum atomic E-state index is -5.81. The first kappa shape index (κ1) is 21.1. The summed E-state index contributed by atoms with van der Waals surface area (Å²) in [6, 6.07) is 2.03. The summed E-state index contributed by atoms with van der Waals surface area (Å²) in [5.41, 5.74) is 0. The van der Waals surface area contributed by atoms with E-state index in [9.17, 15) is 39.9 Å². The summed E-state index contributed by atoms with van der Waals surface area (Å²) in [5.74, 6) is 0. The van der Waals surface area contributed by atoms with Gasteiger partial charge in [0.05, 0.1) is 10.4 Å². The van der Waals surface area contributed by atoms with Crippen LogP contribution in [0.15, 0.2) is 12.1 Å². The van der Waals surface area contributed by atoms with Gasteiger partial charge in [-0.2, -0.15) is 26.3 Å². The van der Waals surface area contributed by atoms with Crippen LogP contribution in [-0.4, -0.2) is 57.3 Å². The molecule has 0 aliphatic carbocycles. The number of likely N-dealkylation sites (tertiary alicyclic amines) is 1. The molecule has 6 nitrogen and oxygen atoms in total. The maximum Gasteiger partial charge on any atom is 0.434 e. The number of rotatable bonds is 4. The Balaban J connectivity index is 2.01. The summed E-state index contributed by atoms with van der Waals surface area (Å²) in [6.45, 7) is -0.799. The number of anilines is 1. The maximum atomic E-state index is 12.4. The molecule has 2 heterocycles. The number of amides is 1. The molecule has 2 rings (SSSR count). The molecule has 0 radical (unpaired) electrons. The molecule has 1 saturated heterocycles. The number of nitrogens with zero attached hydrogens (tertiary/aromatic N) is 2. The zero-order chi connectivity index (χ0) is 19.9. The third-order valence-electron chi connectivity index (χ3n) is 3.21. The molecular formula is C11H9ClF6N2O4S2. The van der Waals surface area contributed by atoms with Gasteiger partial charge in [0.25, 0.3) is 17.4 Å². The van der Waals surface area contributed by atoms with Crippen LogP contribution in [0, 0.1) is 0 Å². The van der Waals surface area contributed by atoms with Crippen molar-refractivity contribution in [1.82, 2.24) is 4.90 Å². The van der Waals surface area contributed by atoms with E-state index in [0.29, 0.717) is 9.24 Å². The Bertz CT molecular complexity index is 677. The summed E-state index contributed by atoms with van der Waals surface area (Å²) in [7, 11) is 0. The van der Waals surface area contributed by atoms with Gasteiger partial charge in [-0.3, -0.25) is 8.86 Å². The highest BCUT2D eigenvalue weighted by atomic mass is 35.5. The second-order valence-electron chi connectivity index (χ2n) is 5.04. The Kier molecular flexibility index (Phi) is 5.99. The van der Waals surface area contributed by atoms with Crippen molar-refractivity contribution in [3.05, 3.63) is 16.5 Å². The van der Waals surface area contributed by atoms with E-state index >= 15 is 0 Å². The monoisotopic (exact) mass is 446 g/mol. The quantitative estimate of drug-likeness (QED) is 0.566. The molecule has 148 valence electrons. The second-order valence-corrected chi connectivity index (χ2v) is 7.59. The first-order valence-corrected chi connectivity index (χ1v) is 8.81. The summed E-state index contributed by atoms with van der Waals surface area (Å²) in [5, 5.41) is 0.248. The molecule has 0 aromatic carbocycles. The van der Waals surface area contributed by atoms with Crippen LogP contribution in [0.4, 0.5) is 36.1 Å². The number of hydrogen-bond acceptors (Lipinski definition) is 4. The minimum Gasteiger partial charge on any atom is -0.426 e. The van der Waals surface area contributed by atoms with Crippen LogP contribution in [-0.2, 0) is 16.0 Å². The van der Waals surface area contributed by atoms with Gasteiger partial charge in [0.15, 0.2) is 0 Å². The van der Waals surface area contributed by atoms with E-state index in [2.05, 4.69) is 4.74 Å². The Labute approximate surface area is 153 Å². The van der Waals surface area contributed by atoms with Gasteiger partial charge >= 0.3 is 18.4 Å². The van der Waals surface area contributed by atoms with Gasteiger partial charge in [-0.1, -0.05) is 11.6 Å². The van der Waals surface area contributed by atoms with Crippen molar-refractivity contribution in [3.63, 3.8) is 0 Å². The molecule has 1 atom stereocenters. The zero-order valence-electron chi connectivity index (χ0n) is 12.3. The van der Waals surface area contributed by atoms with Crippen molar-refractivity contribution < 1.29 is 44.6 Å². The third-order valence-corrected chi connectivity index (χ3v) is 5.39. The molecule has 1 amide bonds. The number of alkyl halides is 6. The molecule has 1 aromatic rings. The lowest BCUT2D eigenvalue weighted by Gasteiger charge is -2.43. The standard InChI is InChI=1S/C11H9ClF6N2O4S2/c12-6-1-2-7(25-6)20(26(22)23)5-3-19(4-5)9(21)24-8(10(13,14)15)11(16,17)18/h1-2,5,8H,3-4H2,(H,22,23). The van der Waals surface area contributed by atoms with E-state index in [-0.39, 0.29) is 5.00 Å². The van der Waals surface area contributed by atoms with Crippen LogP contribution in [0.25, 0.3) is 0 Å². The number of carbonyl (C=O) groups is 1. The van der Waals surface area contributed by atoms with Crippen LogP contribution in [0.5, 0.6) is 0 Å². The highest BCUT2D eigenvalue weighted by Gasteiger charge is 2.60. The Hall–Kier alpha value is -1.25. The molecule has 15 heteroatoms. The van der Waals surface area contributed by atoms with Gasteiger partial charge in [0.2, 0.25) is 0 Å². The van der Waals surface area contributed by atoms with Crippen molar-refractivity contribution in [3.8, 4) is 0 Å². The van der Waals surface area contributed by atoms with E-state index in [0.717, 1.165) is 15.6 Å². The minimum absolute atomic E-state index is 0.248. The molecule has 0 spiro atoms.